The molecule has 0 heterocycles. The van der Waals surface area contributed by atoms with Gasteiger partial charge in [0.1, 0.15) is 0 Å². The van der Waals surface area contributed by atoms with Crippen LogP contribution in [0.4, 0.5) is 11.4 Å². The average molecular weight is 281 g/mol. The first-order valence-corrected chi connectivity index (χ1v) is 6.28. The van der Waals surface area contributed by atoms with Gasteiger partial charge in [-0.05, 0) is 26.0 Å². The van der Waals surface area contributed by atoms with Crippen LogP contribution < -0.4 is 16.4 Å². The Bertz CT molecular complexity index is 522. The number of carbonyl (C=O) groups is 1. The molecule has 0 radical (unpaired) electrons. The highest BCUT2D eigenvalue weighted by atomic mass is 35.5. The van der Waals surface area contributed by atoms with Crippen molar-refractivity contribution in [2.24, 2.45) is 5.73 Å². The number of hydrogen-bond acceptors (Lipinski definition) is 4. The fourth-order valence-electron chi connectivity index (χ4n) is 1.90. The number of nitrogen functional groups attached to an aromatic ring is 1. The largest absolute Gasteiger partial charge is 0.399 e. The Morgan fingerprint density at radius 3 is 2.63 bits per heavy atom. The Hall–Kier alpha value is -1.93. The smallest absolute Gasteiger partial charge is 0.250 e. The molecule has 5 nitrogen and oxygen atoms in total. The van der Waals surface area contributed by atoms with Gasteiger partial charge in [0, 0.05) is 18.3 Å². The number of anilines is 2. The van der Waals surface area contributed by atoms with E-state index in [-0.39, 0.29) is 11.6 Å². The van der Waals surface area contributed by atoms with Gasteiger partial charge >= 0.3 is 0 Å². The Morgan fingerprint density at radius 2 is 2.16 bits per heavy atom. The van der Waals surface area contributed by atoms with E-state index in [1.54, 1.807) is 6.07 Å². The number of nitrogens with two attached hydrogens (primary N) is 2. The molecular weight excluding hydrogens is 264 g/mol. The lowest BCUT2D eigenvalue weighted by Crippen LogP contribution is -2.34. The molecule has 0 atom stereocenters. The van der Waals surface area contributed by atoms with E-state index in [4.69, 9.17) is 28.3 Å². The molecule has 1 rings (SSSR count). The van der Waals surface area contributed by atoms with Crippen molar-refractivity contribution in [2.45, 2.75) is 26.3 Å². The van der Waals surface area contributed by atoms with E-state index in [0.717, 1.165) is 0 Å². The number of benzene rings is 1. The van der Waals surface area contributed by atoms with E-state index in [2.05, 4.69) is 6.07 Å². The molecule has 0 aliphatic carbocycles. The maximum atomic E-state index is 11.5. The zero-order chi connectivity index (χ0) is 14.6. The SMILES string of the molecule is CC(C)N(CCC#N)c1c(Cl)cc(N)cc1C(N)=O. The van der Waals surface area contributed by atoms with Crippen LogP contribution in [0.2, 0.25) is 5.02 Å². The summed E-state index contributed by atoms with van der Waals surface area (Å²) in [5.41, 5.74) is 12.2. The van der Waals surface area contributed by atoms with Crippen molar-refractivity contribution < 1.29 is 4.79 Å². The number of hydrogen-bond donors (Lipinski definition) is 2. The Kier molecular flexibility index (Phi) is 5.02. The van der Waals surface area contributed by atoms with Crippen LogP contribution in [0.3, 0.4) is 0 Å². The first-order valence-electron chi connectivity index (χ1n) is 5.91. The summed E-state index contributed by atoms with van der Waals surface area (Å²) in [6, 6.07) is 5.23. The topological polar surface area (TPSA) is 96.1 Å². The van der Waals surface area contributed by atoms with E-state index in [9.17, 15) is 4.79 Å². The molecule has 6 heteroatoms. The quantitative estimate of drug-likeness (QED) is 0.808. The van der Waals surface area contributed by atoms with Crippen LogP contribution in [-0.2, 0) is 0 Å². The number of halogens is 1. The second-order valence-corrected chi connectivity index (χ2v) is 4.87. The van der Waals surface area contributed by atoms with Crippen LogP contribution in [0.25, 0.3) is 0 Å². The van der Waals surface area contributed by atoms with Gasteiger partial charge in [0.25, 0.3) is 5.91 Å². The molecule has 4 N–H and O–H groups in total. The van der Waals surface area contributed by atoms with E-state index >= 15 is 0 Å². The average Bonchev–Trinajstić information content (AvgIpc) is 2.30. The summed E-state index contributed by atoms with van der Waals surface area (Å²) in [6.45, 7) is 4.38. The predicted octanol–water partition coefficient (Wildman–Crippen LogP) is 2.15. The number of nitriles is 1. The molecule has 0 aliphatic rings. The van der Waals surface area contributed by atoms with Crippen LogP contribution in [0, 0.1) is 11.3 Å². The molecule has 1 amide bonds. The van der Waals surface area contributed by atoms with Gasteiger partial charge in [-0.1, -0.05) is 11.6 Å². The summed E-state index contributed by atoms with van der Waals surface area (Å²) in [6.07, 6.45) is 0.330. The van der Waals surface area contributed by atoms with E-state index in [1.165, 1.54) is 6.07 Å². The minimum Gasteiger partial charge on any atom is -0.399 e. The fraction of sp³-hybridized carbons (Fsp3) is 0.385. The summed E-state index contributed by atoms with van der Waals surface area (Å²) in [7, 11) is 0. The van der Waals surface area contributed by atoms with Crippen molar-refractivity contribution >= 4 is 28.9 Å². The van der Waals surface area contributed by atoms with E-state index < -0.39 is 5.91 Å². The summed E-state index contributed by atoms with van der Waals surface area (Å²) in [4.78, 5) is 13.4. The highest BCUT2D eigenvalue weighted by Gasteiger charge is 2.21. The van der Waals surface area contributed by atoms with Crippen LogP contribution in [0.15, 0.2) is 12.1 Å². The third-order valence-electron chi connectivity index (χ3n) is 2.73. The third-order valence-corrected chi connectivity index (χ3v) is 3.01. The highest BCUT2D eigenvalue weighted by Crippen LogP contribution is 2.33. The normalized spacial score (nSPS) is 10.3. The Balaban J connectivity index is 3.36. The molecule has 0 bridgehead atoms. The molecule has 0 saturated carbocycles. The van der Waals surface area contributed by atoms with Crippen molar-refractivity contribution in [3.63, 3.8) is 0 Å². The van der Waals surface area contributed by atoms with Gasteiger partial charge < -0.3 is 16.4 Å². The zero-order valence-electron chi connectivity index (χ0n) is 11.0. The van der Waals surface area contributed by atoms with Crippen LogP contribution >= 0.6 is 11.6 Å². The van der Waals surface area contributed by atoms with Gasteiger partial charge in [0.2, 0.25) is 0 Å². The first-order chi connectivity index (χ1) is 8.88. The number of nitrogens with zero attached hydrogens (tertiary/aromatic N) is 2. The Labute approximate surface area is 117 Å². The van der Waals surface area contributed by atoms with Crippen molar-refractivity contribution in [2.75, 3.05) is 17.2 Å². The van der Waals surface area contributed by atoms with Gasteiger partial charge in [-0.3, -0.25) is 4.79 Å². The number of rotatable bonds is 5. The lowest BCUT2D eigenvalue weighted by atomic mass is 10.1. The number of primary amides is 1. The maximum absolute atomic E-state index is 11.5. The van der Waals surface area contributed by atoms with E-state index in [1.807, 2.05) is 18.7 Å². The van der Waals surface area contributed by atoms with Crippen molar-refractivity contribution in [3.8, 4) is 6.07 Å². The van der Waals surface area contributed by atoms with Gasteiger partial charge in [0.15, 0.2) is 0 Å². The molecule has 0 spiro atoms. The molecule has 19 heavy (non-hydrogen) atoms. The van der Waals surface area contributed by atoms with Gasteiger partial charge in [-0.15, -0.1) is 0 Å². The van der Waals surface area contributed by atoms with Crippen LogP contribution in [-0.4, -0.2) is 18.5 Å². The molecule has 0 aliphatic heterocycles. The molecule has 1 aromatic carbocycles. The monoisotopic (exact) mass is 280 g/mol. The van der Waals surface area contributed by atoms with Crippen LogP contribution in [0.5, 0.6) is 0 Å². The first kappa shape index (κ1) is 15.1. The summed E-state index contributed by atoms with van der Waals surface area (Å²) in [5, 5.41) is 9.08. The summed E-state index contributed by atoms with van der Waals surface area (Å²) in [5.74, 6) is -0.591. The van der Waals surface area contributed by atoms with Gasteiger partial charge in [-0.25, -0.2) is 0 Å². The molecular formula is C13H17ClN4O. The molecule has 0 fully saturated rings. The summed E-state index contributed by atoms with van der Waals surface area (Å²) >= 11 is 6.18. The lowest BCUT2D eigenvalue weighted by molar-refractivity contribution is 0.100. The maximum Gasteiger partial charge on any atom is 0.250 e. The molecule has 0 aromatic heterocycles. The molecule has 1 aromatic rings. The molecule has 0 unspecified atom stereocenters. The fourth-order valence-corrected chi connectivity index (χ4v) is 2.23. The van der Waals surface area contributed by atoms with Gasteiger partial charge in [0.05, 0.1) is 28.8 Å². The second kappa shape index (κ2) is 6.30. The standard InChI is InChI=1S/C13H17ClN4O/c1-8(2)18(5-3-4-15)12-10(13(17)19)6-9(16)7-11(12)14/h6-8H,3,5,16H2,1-2H3,(H2,17,19). The lowest BCUT2D eigenvalue weighted by Gasteiger charge is -2.30. The minimum absolute atomic E-state index is 0.0765. The van der Waals surface area contributed by atoms with Crippen LogP contribution in [0.1, 0.15) is 30.6 Å². The Morgan fingerprint density at radius 1 is 1.53 bits per heavy atom. The van der Waals surface area contributed by atoms with Crippen molar-refractivity contribution in [3.05, 3.63) is 22.7 Å². The number of carbonyl (C=O) groups excluding carboxylic acids is 1. The molecule has 0 saturated heterocycles. The molecule has 102 valence electrons. The van der Waals surface area contributed by atoms with Crippen molar-refractivity contribution in [1.82, 2.24) is 0 Å². The highest BCUT2D eigenvalue weighted by molar-refractivity contribution is 6.34. The summed E-state index contributed by atoms with van der Waals surface area (Å²) < 4.78 is 0. The van der Waals surface area contributed by atoms with Gasteiger partial charge in [-0.2, -0.15) is 5.26 Å². The van der Waals surface area contributed by atoms with E-state index in [0.29, 0.717) is 29.4 Å². The van der Waals surface area contributed by atoms with Crippen molar-refractivity contribution in [1.29, 1.82) is 5.26 Å². The minimum atomic E-state index is -0.591. The number of amides is 1. The zero-order valence-corrected chi connectivity index (χ0v) is 11.7. The second-order valence-electron chi connectivity index (χ2n) is 4.46. The third kappa shape index (κ3) is 3.52. The predicted molar refractivity (Wildman–Crippen MR) is 77.1 cm³/mol.